The lowest BCUT2D eigenvalue weighted by atomic mass is 9.77. The number of amidine groups is 1. The molecule has 0 bridgehead atoms. The summed E-state index contributed by atoms with van der Waals surface area (Å²) < 4.78 is 94.2. The third-order valence-corrected chi connectivity index (χ3v) is 6.19. The molecule has 3 rings (SSSR count). The quantitative estimate of drug-likeness (QED) is 0.185. The zero-order valence-electron chi connectivity index (χ0n) is 18.6. The number of nitrogens with one attached hydrogen (secondary N) is 1. The second-order valence-corrected chi connectivity index (χ2v) is 8.11. The number of halogens is 6. The number of nitrogens with zero attached hydrogens (tertiary/aromatic N) is 1. The molecule has 0 radical (unpaired) electrons. The van der Waals surface area contributed by atoms with Crippen LogP contribution in [0.2, 0.25) is 0 Å². The van der Waals surface area contributed by atoms with Gasteiger partial charge in [-0.2, -0.15) is 17.6 Å². The number of amides is 1. The number of benzene rings is 2. The van der Waals surface area contributed by atoms with Gasteiger partial charge in [0.15, 0.2) is 23.0 Å². The lowest BCUT2D eigenvalue weighted by Gasteiger charge is -2.32. The number of nitrogens with two attached hydrogens (primary N) is 1. The van der Waals surface area contributed by atoms with E-state index in [2.05, 4.69) is 10.5 Å². The molecule has 4 atom stereocenters. The van der Waals surface area contributed by atoms with Crippen molar-refractivity contribution in [2.75, 3.05) is 12.4 Å². The van der Waals surface area contributed by atoms with Crippen molar-refractivity contribution in [2.45, 2.75) is 37.6 Å². The number of oxime groups is 1. The SMILES string of the molecule is COc1c([C@H]2[C@H](C(=O)Nc3ccc(F)c(C(N)=NO)c3)O[C@@](C)(C(F)(F)F)[C@H]2C)ccc(F)c1F. The van der Waals surface area contributed by atoms with Crippen molar-refractivity contribution in [1.82, 2.24) is 0 Å². The Bertz CT molecular complexity index is 1170. The molecule has 1 fully saturated rings. The molecule has 0 saturated carbocycles. The zero-order chi connectivity index (χ0) is 26.3. The van der Waals surface area contributed by atoms with Gasteiger partial charge in [-0.3, -0.25) is 4.79 Å². The zero-order valence-corrected chi connectivity index (χ0v) is 18.6. The smallest absolute Gasteiger partial charge is 0.417 e. The number of hydrogen-bond acceptors (Lipinski definition) is 5. The molecule has 1 heterocycles. The average Bonchev–Trinajstić information content (AvgIpc) is 3.08. The first-order valence-corrected chi connectivity index (χ1v) is 10.1. The standard InChI is InChI=1S/C22H21F6N3O4/c1-9-15(11-5-7-14(24)16(25)17(11)34-3)18(35-21(9,2)22(26,27)28)20(32)30-10-4-6-13(23)12(8-10)19(29)31-33/h4-9,15,18,33H,1-3H3,(H2,29,31)(H,30,32)/t9-,15-,18+,21+/m0/s1. The summed E-state index contributed by atoms with van der Waals surface area (Å²) in [6.07, 6.45) is -6.77. The Labute approximate surface area is 195 Å². The number of carbonyl (C=O) groups is 1. The first kappa shape index (κ1) is 26.1. The molecular formula is C22H21F6N3O4. The summed E-state index contributed by atoms with van der Waals surface area (Å²) in [4.78, 5) is 13.1. The highest BCUT2D eigenvalue weighted by Gasteiger charge is 2.65. The van der Waals surface area contributed by atoms with Crippen molar-refractivity contribution in [3.8, 4) is 5.75 Å². The van der Waals surface area contributed by atoms with E-state index in [-0.39, 0.29) is 16.8 Å². The van der Waals surface area contributed by atoms with E-state index in [0.717, 1.165) is 38.3 Å². The summed E-state index contributed by atoms with van der Waals surface area (Å²) in [5.74, 6) is -8.84. The molecule has 4 N–H and O–H groups in total. The fourth-order valence-electron chi connectivity index (χ4n) is 4.11. The third kappa shape index (κ3) is 4.47. The van der Waals surface area contributed by atoms with E-state index in [9.17, 15) is 31.1 Å². The Morgan fingerprint density at radius 2 is 1.83 bits per heavy atom. The van der Waals surface area contributed by atoms with E-state index in [4.69, 9.17) is 20.4 Å². The molecule has 1 aliphatic heterocycles. The normalized spacial score (nSPS) is 24.9. The van der Waals surface area contributed by atoms with Crippen LogP contribution in [0.1, 0.15) is 30.9 Å². The van der Waals surface area contributed by atoms with Crippen LogP contribution < -0.4 is 15.8 Å². The van der Waals surface area contributed by atoms with Gasteiger partial charge in [-0.05, 0) is 31.2 Å². The van der Waals surface area contributed by atoms with Crippen LogP contribution in [0.4, 0.5) is 32.0 Å². The summed E-state index contributed by atoms with van der Waals surface area (Å²) >= 11 is 0. The van der Waals surface area contributed by atoms with Crippen molar-refractivity contribution in [1.29, 1.82) is 0 Å². The molecule has 1 amide bonds. The van der Waals surface area contributed by atoms with E-state index in [1.807, 2.05) is 0 Å². The number of hydrogen-bond donors (Lipinski definition) is 3. The van der Waals surface area contributed by atoms with Gasteiger partial charge in [-0.15, -0.1) is 0 Å². The Morgan fingerprint density at radius 3 is 2.40 bits per heavy atom. The minimum Gasteiger partial charge on any atom is -0.493 e. The van der Waals surface area contributed by atoms with E-state index in [0.29, 0.717) is 6.07 Å². The number of carbonyl (C=O) groups excluding carboxylic acids is 1. The minimum atomic E-state index is -4.93. The van der Waals surface area contributed by atoms with Crippen LogP contribution in [0.15, 0.2) is 35.5 Å². The van der Waals surface area contributed by atoms with Gasteiger partial charge >= 0.3 is 6.18 Å². The molecule has 7 nitrogen and oxygen atoms in total. The van der Waals surface area contributed by atoms with Crippen LogP contribution in [0.3, 0.4) is 0 Å². The molecule has 190 valence electrons. The van der Waals surface area contributed by atoms with Gasteiger partial charge < -0.3 is 25.7 Å². The predicted octanol–water partition coefficient (Wildman–Crippen LogP) is 4.29. The second kappa shape index (κ2) is 9.29. The van der Waals surface area contributed by atoms with Crippen LogP contribution in [-0.2, 0) is 9.53 Å². The first-order chi connectivity index (χ1) is 16.3. The number of methoxy groups -OCH3 is 1. The van der Waals surface area contributed by atoms with Gasteiger partial charge in [0, 0.05) is 23.1 Å². The Balaban J connectivity index is 2.08. The molecule has 1 saturated heterocycles. The monoisotopic (exact) mass is 505 g/mol. The number of anilines is 1. The minimum absolute atomic E-state index is 0.106. The molecule has 2 aromatic carbocycles. The van der Waals surface area contributed by atoms with Crippen LogP contribution >= 0.6 is 0 Å². The van der Waals surface area contributed by atoms with E-state index >= 15 is 0 Å². The number of rotatable bonds is 5. The van der Waals surface area contributed by atoms with Crippen LogP contribution in [0.5, 0.6) is 5.75 Å². The van der Waals surface area contributed by atoms with Crippen molar-refractivity contribution in [2.24, 2.45) is 16.8 Å². The van der Waals surface area contributed by atoms with Gasteiger partial charge in [0.1, 0.15) is 11.9 Å². The molecule has 13 heteroatoms. The van der Waals surface area contributed by atoms with Gasteiger partial charge in [0.2, 0.25) is 5.82 Å². The van der Waals surface area contributed by atoms with E-state index in [1.165, 1.54) is 6.92 Å². The highest BCUT2D eigenvalue weighted by atomic mass is 19.4. The Kier molecular flexibility index (Phi) is 6.93. The molecule has 0 unspecified atom stereocenters. The molecule has 1 aliphatic rings. The fraction of sp³-hybridized carbons (Fsp3) is 0.364. The van der Waals surface area contributed by atoms with Crippen molar-refractivity contribution < 1.29 is 45.8 Å². The van der Waals surface area contributed by atoms with E-state index in [1.54, 1.807) is 0 Å². The van der Waals surface area contributed by atoms with Gasteiger partial charge in [0.05, 0.1) is 12.7 Å². The Hall–Kier alpha value is -3.48. The lowest BCUT2D eigenvalue weighted by Crippen LogP contribution is -2.47. The largest absolute Gasteiger partial charge is 0.493 e. The number of ether oxygens (including phenoxy) is 2. The van der Waals surface area contributed by atoms with Crippen LogP contribution in [0, 0.1) is 23.4 Å². The van der Waals surface area contributed by atoms with Crippen molar-refractivity contribution >= 4 is 17.4 Å². The highest BCUT2D eigenvalue weighted by Crippen LogP contribution is 2.55. The molecule has 0 aliphatic carbocycles. The summed E-state index contributed by atoms with van der Waals surface area (Å²) in [6.45, 7) is 1.92. The maximum atomic E-state index is 14.4. The second-order valence-electron chi connectivity index (χ2n) is 8.11. The summed E-state index contributed by atoms with van der Waals surface area (Å²) in [5, 5.41) is 13.8. The molecule has 2 aromatic rings. The first-order valence-electron chi connectivity index (χ1n) is 10.1. The maximum Gasteiger partial charge on any atom is 0.417 e. The molecule has 0 aromatic heterocycles. The average molecular weight is 505 g/mol. The van der Waals surface area contributed by atoms with Crippen molar-refractivity contribution in [3.05, 3.63) is 58.9 Å². The molecule has 0 spiro atoms. The fourth-order valence-corrected chi connectivity index (χ4v) is 4.11. The highest BCUT2D eigenvalue weighted by molar-refractivity contribution is 6.00. The summed E-state index contributed by atoms with van der Waals surface area (Å²) in [5.41, 5.74) is 1.86. The third-order valence-electron chi connectivity index (χ3n) is 6.19. The lowest BCUT2D eigenvalue weighted by molar-refractivity contribution is -0.272. The van der Waals surface area contributed by atoms with Gasteiger partial charge in [0.25, 0.3) is 5.91 Å². The predicted molar refractivity (Wildman–Crippen MR) is 112 cm³/mol. The van der Waals surface area contributed by atoms with Gasteiger partial charge in [-0.1, -0.05) is 18.1 Å². The van der Waals surface area contributed by atoms with Crippen molar-refractivity contribution in [3.63, 3.8) is 0 Å². The van der Waals surface area contributed by atoms with E-state index < -0.39 is 64.7 Å². The van der Waals surface area contributed by atoms with Gasteiger partial charge in [-0.25, -0.2) is 8.78 Å². The summed E-state index contributed by atoms with van der Waals surface area (Å²) in [6, 6.07) is 4.71. The number of alkyl halides is 3. The summed E-state index contributed by atoms with van der Waals surface area (Å²) in [7, 11) is 1.01. The molecular weight excluding hydrogens is 484 g/mol. The Morgan fingerprint density at radius 1 is 1.20 bits per heavy atom. The topological polar surface area (TPSA) is 106 Å². The van der Waals surface area contributed by atoms with Crippen LogP contribution in [-0.4, -0.2) is 41.9 Å². The maximum absolute atomic E-state index is 14.4. The van der Waals surface area contributed by atoms with Crippen LogP contribution in [0.25, 0.3) is 0 Å². The molecule has 35 heavy (non-hydrogen) atoms.